The molecule has 7 nitrogen and oxygen atoms in total. The molecule has 0 spiro atoms. The summed E-state index contributed by atoms with van der Waals surface area (Å²) < 4.78 is 0. The molecule has 0 bridgehead atoms. The fraction of sp³-hybridized carbons (Fsp3) is 0.421. The summed E-state index contributed by atoms with van der Waals surface area (Å²) in [6.45, 7) is 7.51. The van der Waals surface area contributed by atoms with E-state index in [2.05, 4.69) is 30.4 Å². The summed E-state index contributed by atoms with van der Waals surface area (Å²) in [6, 6.07) is 9.47. The number of carbonyl (C=O) groups is 1. The Labute approximate surface area is 154 Å². The van der Waals surface area contributed by atoms with Gasteiger partial charge in [-0.2, -0.15) is 0 Å². The third-order valence-corrected chi connectivity index (χ3v) is 4.42. The smallest absolute Gasteiger partial charge is 0.319 e. The lowest BCUT2D eigenvalue weighted by atomic mass is 10.2. The van der Waals surface area contributed by atoms with Gasteiger partial charge in [0, 0.05) is 50.8 Å². The van der Waals surface area contributed by atoms with Gasteiger partial charge in [0.2, 0.25) is 5.95 Å². The van der Waals surface area contributed by atoms with Gasteiger partial charge in [-0.15, -0.1) is 0 Å². The predicted molar refractivity (Wildman–Crippen MR) is 104 cm³/mol. The summed E-state index contributed by atoms with van der Waals surface area (Å²) in [7, 11) is 0. The van der Waals surface area contributed by atoms with Crippen molar-refractivity contribution in [3.63, 3.8) is 0 Å². The Balaban J connectivity index is 1.30. The molecular formula is C19H26N6O. The van der Waals surface area contributed by atoms with Crippen LogP contribution < -0.4 is 15.5 Å². The van der Waals surface area contributed by atoms with E-state index in [1.165, 1.54) is 0 Å². The Hall–Kier alpha value is -2.67. The van der Waals surface area contributed by atoms with Crippen LogP contribution in [0, 0.1) is 6.92 Å². The number of nitrogens with one attached hydrogen (secondary N) is 2. The van der Waals surface area contributed by atoms with E-state index in [-0.39, 0.29) is 6.03 Å². The number of nitrogens with zero attached hydrogens (tertiary/aromatic N) is 4. The van der Waals surface area contributed by atoms with E-state index in [1.807, 2.05) is 37.3 Å². The number of benzene rings is 1. The van der Waals surface area contributed by atoms with Crippen molar-refractivity contribution in [2.24, 2.45) is 0 Å². The zero-order valence-corrected chi connectivity index (χ0v) is 15.2. The molecule has 0 atom stereocenters. The van der Waals surface area contributed by atoms with Crippen LogP contribution in [0.15, 0.2) is 42.7 Å². The van der Waals surface area contributed by atoms with Crippen LogP contribution in [0.2, 0.25) is 0 Å². The lowest BCUT2D eigenvalue weighted by Gasteiger charge is -2.34. The van der Waals surface area contributed by atoms with Crippen molar-refractivity contribution in [3.05, 3.63) is 48.3 Å². The monoisotopic (exact) mass is 354 g/mol. The average Bonchev–Trinajstić information content (AvgIpc) is 2.66. The van der Waals surface area contributed by atoms with Crippen LogP contribution in [-0.4, -0.2) is 60.2 Å². The molecule has 1 fully saturated rings. The molecule has 1 aromatic carbocycles. The number of aryl methyl sites for hydroxylation is 1. The van der Waals surface area contributed by atoms with E-state index >= 15 is 0 Å². The second-order valence-electron chi connectivity index (χ2n) is 6.48. The summed E-state index contributed by atoms with van der Waals surface area (Å²) in [5.41, 5.74) is 1.95. The third kappa shape index (κ3) is 5.42. The van der Waals surface area contributed by atoms with Gasteiger partial charge >= 0.3 is 6.03 Å². The summed E-state index contributed by atoms with van der Waals surface area (Å²) in [5.74, 6) is 0.807. The molecule has 1 aromatic heterocycles. The van der Waals surface area contributed by atoms with Crippen molar-refractivity contribution in [3.8, 4) is 0 Å². The Morgan fingerprint density at radius 2 is 1.88 bits per heavy atom. The second kappa shape index (κ2) is 9.15. The van der Waals surface area contributed by atoms with Crippen LogP contribution in [0.3, 0.4) is 0 Å². The van der Waals surface area contributed by atoms with Gasteiger partial charge in [-0.25, -0.2) is 14.8 Å². The fourth-order valence-electron chi connectivity index (χ4n) is 3.03. The molecule has 3 rings (SSSR count). The van der Waals surface area contributed by atoms with E-state index in [0.717, 1.165) is 56.3 Å². The van der Waals surface area contributed by atoms with Crippen molar-refractivity contribution in [2.45, 2.75) is 13.3 Å². The minimum absolute atomic E-state index is 0.151. The van der Waals surface area contributed by atoms with Gasteiger partial charge in [-0.1, -0.05) is 12.1 Å². The molecule has 7 heteroatoms. The van der Waals surface area contributed by atoms with Crippen LogP contribution >= 0.6 is 0 Å². The Morgan fingerprint density at radius 3 is 2.62 bits per heavy atom. The molecule has 1 saturated heterocycles. The molecule has 1 aliphatic heterocycles. The van der Waals surface area contributed by atoms with E-state index in [4.69, 9.17) is 0 Å². The largest absolute Gasteiger partial charge is 0.338 e. The van der Waals surface area contributed by atoms with E-state index < -0.39 is 0 Å². The van der Waals surface area contributed by atoms with Crippen molar-refractivity contribution < 1.29 is 4.79 Å². The summed E-state index contributed by atoms with van der Waals surface area (Å²) in [4.78, 5) is 25.2. The maximum absolute atomic E-state index is 11.9. The number of hydrogen-bond donors (Lipinski definition) is 2. The summed E-state index contributed by atoms with van der Waals surface area (Å²) in [5, 5.41) is 5.78. The number of amides is 2. The highest BCUT2D eigenvalue weighted by atomic mass is 16.2. The quantitative estimate of drug-likeness (QED) is 0.778. The predicted octanol–water partition coefficient (Wildman–Crippen LogP) is 2.12. The Kier molecular flexibility index (Phi) is 6.38. The molecule has 2 heterocycles. The van der Waals surface area contributed by atoms with E-state index in [0.29, 0.717) is 6.54 Å². The zero-order valence-electron chi connectivity index (χ0n) is 15.2. The molecule has 1 aliphatic rings. The van der Waals surface area contributed by atoms with Gasteiger partial charge in [0.15, 0.2) is 0 Å². The SMILES string of the molecule is Cc1cccc(NC(=O)NCCCN2CCN(c3ncccn3)CC2)c1. The Morgan fingerprint density at radius 1 is 1.12 bits per heavy atom. The number of urea groups is 1. The highest BCUT2D eigenvalue weighted by molar-refractivity contribution is 5.89. The van der Waals surface area contributed by atoms with Crippen molar-refractivity contribution in [1.29, 1.82) is 0 Å². The third-order valence-electron chi connectivity index (χ3n) is 4.42. The molecule has 2 N–H and O–H groups in total. The second-order valence-corrected chi connectivity index (χ2v) is 6.48. The number of anilines is 2. The van der Waals surface area contributed by atoms with Crippen molar-refractivity contribution in [2.75, 3.05) is 49.5 Å². The lowest BCUT2D eigenvalue weighted by molar-refractivity contribution is 0.244. The van der Waals surface area contributed by atoms with E-state index in [1.54, 1.807) is 12.4 Å². The number of carbonyl (C=O) groups excluding carboxylic acids is 1. The maximum atomic E-state index is 11.9. The molecule has 2 aromatic rings. The normalized spacial score (nSPS) is 14.9. The first-order chi connectivity index (χ1) is 12.7. The number of aromatic nitrogens is 2. The van der Waals surface area contributed by atoms with Crippen molar-refractivity contribution in [1.82, 2.24) is 20.2 Å². The van der Waals surface area contributed by atoms with Crippen LogP contribution in [0.5, 0.6) is 0 Å². The number of rotatable bonds is 6. The summed E-state index contributed by atoms with van der Waals surface area (Å²) >= 11 is 0. The van der Waals surface area contributed by atoms with E-state index in [9.17, 15) is 4.79 Å². The maximum Gasteiger partial charge on any atom is 0.319 e. The Bertz CT molecular complexity index is 700. The minimum atomic E-state index is -0.151. The molecule has 0 aliphatic carbocycles. The molecule has 0 radical (unpaired) electrons. The zero-order chi connectivity index (χ0) is 18.2. The molecule has 0 saturated carbocycles. The van der Waals surface area contributed by atoms with Gasteiger partial charge in [-0.3, -0.25) is 4.90 Å². The molecule has 0 unspecified atom stereocenters. The molecule has 138 valence electrons. The van der Waals surface area contributed by atoms with Crippen LogP contribution in [0.1, 0.15) is 12.0 Å². The standard InChI is InChI=1S/C19H26N6O/c1-16-5-2-6-17(15-16)23-19(26)22-9-4-10-24-11-13-25(14-12-24)18-20-7-3-8-21-18/h2-3,5-8,15H,4,9-14H2,1H3,(H2,22,23,26). The van der Waals surface area contributed by atoms with Gasteiger partial charge in [0.25, 0.3) is 0 Å². The van der Waals surface area contributed by atoms with Crippen LogP contribution in [-0.2, 0) is 0 Å². The lowest BCUT2D eigenvalue weighted by Crippen LogP contribution is -2.47. The van der Waals surface area contributed by atoms with Gasteiger partial charge in [0.1, 0.15) is 0 Å². The van der Waals surface area contributed by atoms with Gasteiger partial charge in [0.05, 0.1) is 0 Å². The molecular weight excluding hydrogens is 328 g/mol. The average molecular weight is 354 g/mol. The number of piperazine rings is 1. The highest BCUT2D eigenvalue weighted by Crippen LogP contribution is 2.10. The molecule has 2 amide bonds. The number of hydrogen-bond acceptors (Lipinski definition) is 5. The van der Waals surface area contributed by atoms with Gasteiger partial charge in [-0.05, 0) is 43.7 Å². The van der Waals surface area contributed by atoms with Crippen molar-refractivity contribution >= 4 is 17.7 Å². The minimum Gasteiger partial charge on any atom is -0.338 e. The topological polar surface area (TPSA) is 73.4 Å². The first-order valence-electron chi connectivity index (χ1n) is 9.06. The first kappa shape index (κ1) is 18.1. The van der Waals surface area contributed by atoms with Gasteiger partial charge < -0.3 is 15.5 Å². The van der Waals surface area contributed by atoms with Crippen LogP contribution in [0.4, 0.5) is 16.4 Å². The highest BCUT2D eigenvalue weighted by Gasteiger charge is 2.18. The molecule has 26 heavy (non-hydrogen) atoms. The fourth-order valence-corrected chi connectivity index (χ4v) is 3.03. The first-order valence-corrected chi connectivity index (χ1v) is 9.06. The van der Waals surface area contributed by atoms with Crippen LogP contribution in [0.25, 0.3) is 0 Å². The summed E-state index contributed by atoms with van der Waals surface area (Å²) in [6.07, 6.45) is 4.49.